The van der Waals surface area contributed by atoms with Crippen molar-refractivity contribution in [3.63, 3.8) is 0 Å². The lowest BCUT2D eigenvalue weighted by atomic mass is 10.2. The molecule has 0 saturated carbocycles. The Morgan fingerprint density at radius 3 is 2.96 bits per heavy atom. The van der Waals surface area contributed by atoms with Crippen LogP contribution in [0.4, 0.5) is 11.4 Å². The Bertz CT molecular complexity index is 960. The van der Waals surface area contributed by atoms with Crippen molar-refractivity contribution in [2.75, 3.05) is 5.32 Å². The van der Waals surface area contributed by atoms with E-state index in [1.54, 1.807) is 30.1 Å². The van der Waals surface area contributed by atoms with Gasteiger partial charge in [-0.1, -0.05) is 23.4 Å². The fraction of sp³-hybridized carbons (Fsp3) is 0.188. The molecule has 0 saturated heterocycles. The van der Waals surface area contributed by atoms with Crippen molar-refractivity contribution in [1.29, 1.82) is 0 Å². The van der Waals surface area contributed by atoms with Gasteiger partial charge < -0.3 is 14.3 Å². The minimum atomic E-state index is -0.554. The number of nitrogens with zero attached hydrogens (tertiary/aromatic N) is 4. The lowest BCUT2D eigenvalue weighted by Gasteiger charge is -2.13. The Balaban J connectivity index is 1.65. The number of benzene rings is 1. The van der Waals surface area contributed by atoms with E-state index < -0.39 is 10.2 Å². The second-order valence-electron chi connectivity index (χ2n) is 5.49. The molecule has 0 aliphatic heterocycles. The highest BCUT2D eigenvalue weighted by atomic mass is 35.5. The molecule has 1 amide bonds. The molecule has 27 heavy (non-hydrogen) atoms. The number of hydrogen-bond acceptors (Lipinski definition) is 7. The summed E-state index contributed by atoms with van der Waals surface area (Å²) in [6.07, 6.45) is 3.14. The normalized spacial score (nSPS) is 11.9. The second kappa shape index (κ2) is 8.23. The summed E-state index contributed by atoms with van der Waals surface area (Å²) >= 11 is 7.23. The maximum atomic E-state index is 12.4. The first-order valence-corrected chi connectivity index (χ1v) is 9.01. The molecular formula is C16H14ClN5O4S. The zero-order valence-electron chi connectivity index (χ0n) is 14.0. The smallest absolute Gasteiger partial charge is 0.271 e. The molecule has 9 nitrogen and oxygen atoms in total. The van der Waals surface area contributed by atoms with Crippen LogP contribution in [0, 0.1) is 10.1 Å². The van der Waals surface area contributed by atoms with Gasteiger partial charge >= 0.3 is 0 Å². The van der Waals surface area contributed by atoms with Crippen LogP contribution in [0.3, 0.4) is 0 Å². The Labute approximate surface area is 162 Å². The lowest BCUT2D eigenvalue weighted by Crippen LogP contribution is -2.23. The van der Waals surface area contributed by atoms with E-state index in [0.29, 0.717) is 17.4 Å². The van der Waals surface area contributed by atoms with E-state index in [9.17, 15) is 14.9 Å². The number of thioether (sulfide) groups is 1. The Morgan fingerprint density at radius 1 is 1.48 bits per heavy atom. The minimum Gasteiger partial charge on any atom is -0.467 e. The van der Waals surface area contributed by atoms with Gasteiger partial charge in [0.25, 0.3) is 5.69 Å². The van der Waals surface area contributed by atoms with Gasteiger partial charge in [-0.05, 0) is 25.1 Å². The zero-order chi connectivity index (χ0) is 19.4. The molecule has 0 aliphatic rings. The first-order valence-electron chi connectivity index (χ1n) is 7.75. The van der Waals surface area contributed by atoms with Crippen LogP contribution in [-0.2, 0) is 11.3 Å². The highest BCUT2D eigenvalue weighted by molar-refractivity contribution is 8.00. The number of carbonyl (C=O) groups is 1. The zero-order valence-corrected chi connectivity index (χ0v) is 15.6. The van der Waals surface area contributed by atoms with Gasteiger partial charge in [0.1, 0.15) is 12.1 Å². The number of carbonyl (C=O) groups excluding carboxylic acids is 1. The van der Waals surface area contributed by atoms with Crippen LogP contribution in [0.2, 0.25) is 5.02 Å². The lowest BCUT2D eigenvalue weighted by molar-refractivity contribution is -0.384. The van der Waals surface area contributed by atoms with E-state index in [1.165, 1.54) is 30.0 Å². The highest BCUT2D eigenvalue weighted by Crippen LogP contribution is 2.28. The summed E-state index contributed by atoms with van der Waals surface area (Å²) in [5.74, 6) is 0.426. The van der Waals surface area contributed by atoms with Crippen LogP contribution in [0.25, 0.3) is 0 Å². The standard InChI is InChI=1S/C16H14ClN5O4S/c1-10(15(23)19-14-5-4-11(22(24)25)7-13(14)17)27-16-20-18-9-21(16)8-12-3-2-6-26-12/h2-7,9-10H,8H2,1H3,(H,19,23). The summed E-state index contributed by atoms with van der Waals surface area (Å²) in [6, 6.07) is 7.49. The van der Waals surface area contributed by atoms with Gasteiger partial charge in [-0.2, -0.15) is 0 Å². The molecule has 0 spiro atoms. The van der Waals surface area contributed by atoms with Crippen LogP contribution in [0.1, 0.15) is 12.7 Å². The Morgan fingerprint density at radius 2 is 2.30 bits per heavy atom. The molecule has 0 fully saturated rings. The molecule has 3 aromatic rings. The number of non-ortho nitro benzene ring substituents is 1. The predicted octanol–water partition coefficient (Wildman–Crippen LogP) is 3.60. The maximum Gasteiger partial charge on any atom is 0.271 e. The Hall–Kier alpha value is -2.85. The van der Waals surface area contributed by atoms with E-state index >= 15 is 0 Å². The van der Waals surface area contributed by atoms with Crippen LogP contribution in [0.5, 0.6) is 0 Å². The van der Waals surface area contributed by atoms with Gasteiger partial charge in [0.15, 0.2) is 5.16 Å². The summed E-state index contributed by atoms with van der Waals surface area (Å²) in [4.78, 5) is 22.6. The first kappa shape index (κ1) is 18.9. The number of furan rings is 1. The van der Waals surface area contributed by atoms with Crippen molar-refractivity contribution in [1.82, 2.24) is 14.8 Å². The first-order chi connectivity index (χ1) is 12.9. The molecule has 2 aromatic heterocycles. The molecule has 0 bridgehead atoms. The van der Waals surface area contributed by atoms with Gasteiger partial charge in [-0.3, -0.25) is 14.9 Å². The number of halogens is 1. The van der Waals surface area contributed by atoms with Gasteiger partial charge in [-0.25, -0.2) is 0 Å². The van der Waals surface area contributed by atoms with Crippen LogP contribution in [-0.4, -0.2) is 30.8 Å². The predicted molar refractivity (Wildman–Crippen MR) is 99.9 cm³/mol. The molecule has 2 heterocycles. The number of rotatable bonds is 7. The number of hydrogen-bond donors (Lipinski definition) is 1. The number of aromatic nitrogens is 3. The fourth-order valence-electron chi connectivity index (χ4n) is 2.18. The van der Waals surface area contributed by atoms with Gasteiger partial charge in [0.2, 0.25) is 5.91 Å². The third-order valence-electron chi connectivity index (χ3n) is 3.56. The molecule has 1 aromatic carbocycles. The monoisotopic (exact) mass is 407 g/mol. The molecule has 11 heteroatoms. The number of amides is 1. The SMILES string of the molecule is CC(Sc1nncn1Cc1ccco1)C(=O)Nc1ccc([N+](=O)[O-])cc1Cl. The van der Waals surface area contributed by atoms with E-state index in [1.807, 2.05) is 6.07 Å². The van der Waals surface area contributed by atoms with Crippen LogP contribution >= 0.6 is 23.4 Å². The molecular weight excluding hydrogens is 394 g/mol. The number of nitro groups is 1. The van der Waals surface area contributed by atoms with Crippen molar-refractivity contribution < 1.29 is 14.1 Å². The van der Waals surface area contributed by atoms with E-state index in [2.05, 4.69) is 15.5 Å². The summed E-state index contributed by atoms with van der Waals surface area (Å²) in [6.45, 7) is 2.16. The topological polar surface area (TPSA) is 116 Å². The molecule has 140 valence electrons. The summed E-state index contributed by atoms with van der Waals surface area (Å²) in [5.41, 5.74) is 0.156. The highest BCUT2D eigenvalue weighted by Gasteiger charge is 2.20. The molecule has 0 aliphatic carbocycles. The third-order valence-corrected chi connectivity index (χ3v) is 4.97. The maximum absolute atomic E-state index is 12.4. The van der Waals surface area contributed by atoms with Crippen LogP contribution in [0.15, 0.2) is 52.5 Å². The van der Waals surface area contributed by atoms with Gasteiger partial charge in [0, 0.05) is 12.1 Å². The molecule has 0 radical (unpaired) electrons. The van der Waals surface area contributed by atoms with Crippen molar-refractivity contribution in [2.24, 2.45) is 0 Å². The Kier molecular flexibility index (Phi) is 5.77. The van der Waals surface area contributed by atoms with Crippen molar-refractivity contribution in [2.45, 2.75) is 23.9 Å². The molecule has 1 atom stereocenters. The second-order valence-corrected chi connectivity index (χ2v) is 7.21. The molecule has 1 N–H and O–H groups in total. The average Bonchev–Trinajstić information content (AvgIpc) is 3.29. The summed E-state index contributed by atoms with van der Waals surface area (Å²) in [5, 5.41) is 21.5. The summed E-state index contributed by atoms with van der Waals surface area (Å²) in [7, 11) is 0. The largest absolute Gasteiger partial charge is 0.467 e. The van der Waals surface area contributed by atoms with E-state index in [0.717, 1.165) is 5.76 Å². The average molecular weight is 408 g/mol. The fourth-order valence-corrected chi connectivity index (χ4v) is 3.23. The molecule has 1 unspecified atom stereocenters. The quantitative estimate of drug-likeness (QED) is 0.361. The minimum absolute atomic E-state index is 0.0933. The number of nitrogens with one attached hydrogen (secondary N) is 1. The van der Waals surface area contributed by atoms with Crippen LogP contribution < -0.4 is 5.32 Å². The number of nitro benzene ring substituents is 1. The van der Waals surface area contributed by atoms with Gasteiger partial charge in [-0.15, -0.1) is 10.2 Å². The van der Waals surface area contributed by atoms with E-state index in [4.69, 9.17) is 16.0 Å². The third kappa shape index (κ3) is 4.66. The van der Waals surface area contributed by atoms with E-state index in [-0.39, 0.29) is 16.6 Å². The van der Waals surface area contributed by atoms with Gasteiger partial charge in [0.05, 0.1) is 33.7 Å². The van der Waals surface area contributed by atoms with Crippen molar-refractivity contribution >= 4 is 40.6 Å². The molecule has 3 rings (SSSR count). The summed E-state index contributed by atoms with van der Waals surface area (Å²) < 4.78 is 7.08. The van der Waals surface area contributed by atoms with Crippen molar-refractivity contribution in [3.8, 4) is 0 Å². The van der Waals surface area contributed by atoms with Crippen molar-refractivity contribution in [3.05, 3.63) is 63.8 Å². The number of anilines is 1.